The van der Waals surface area contributed by atoms with Crippen LogP contribution in [-0.2, 0) is 13.0 Å². The zero-order valence-electron chi connectivity index (χ0n) is 12.3. The lowest BCUT2D eigenvalue weighted by atomic mass is 10.1. The van der Waals surface area contributed by atoms with Crippen LogP contribution in [0.5, 0.6) is 5.75 Å². The molecule has 0 aliphatic heterocycles. The van der Waals surface area contributed by atoms with Crippen LogP contribution in [0.2, 0.25) is 0 Å². The molecule has 1 aliphatic rings. The Bertz CT molecular complexity index is 691. The van der Waals surface area contributed by atoms with E-state index in [9.17, 15) is 9.90 Å². The standard InChI is InChI=1S/C16H19N3O2/c1-3-19-14(9-10(2)18-19)16(21)17-13-8-7-12-11(13)5-4-6-15(12)20/h4-6,9,13,20H,3,7-8H2,1-2H3,(H,17,21)/t13-/m1/s1. The van der Waals surface area contributed by atoms with Crippen LogP contribution in [0.1, 0.15) is 46.7 Å². The Morgan fingerprint density at radius 1 is 1.52 bits per heavy atom. The van der Waals surface area contributed by atoms with E-state index < -0.39 is 0 Å². The molecular weight excluding hydrogens is 266 g/mol. The number of carbonyl (C=O) groups excluding carboxylic acids is 1. The monoisotopic (exact) mass is 285 g/mol. The molecule has 5 heteroatoms. The zero-order chi connectivity index (χ0) is 15.0. The van der Waals surface area contributed by atoms with Gasteiger partial charge in [0.15, 0.2) is 0 Å². The Balaban J connectivity index is 1.83. The van der Waals surface area contributed by atoms with Crippen molar-refractivity contribution in [3.05, 3.63) is 46.8 Å². The van der Waals surface area contributed by atoms with E-state index in [4.69, 9.17) is 0 Å². The summed E-state index contributed by atoms with van der Waals surface area (Å²) in [4.78, 5) is 12.5. The first-order valence-electron chi connectivity index (χ1n) is 7.26. The molecule has 0 fully saturated rings. The van der Waals surface area contributed by atoms with Crippen molar-refractivity contribution in [2.24, 2.45) is 0 Å². The van der Waals surface area contributed by atoms with Crippen molar-refractivity contribution in [2.45, 2.75) is 39.3 Å². The van der Waals surface area contributed by atoms with Crippen LogP contribution in [0.3, 0.4) is 0 Å². The SMILES string of the molecule is CCn1nc(C)cc1C(=O)N[C@@H]1CCc2c(O)cccc21. The highest BCUT2D eigenvalue weighted by Crippen LogP contribution is 2.36. The second-order valence-corrected chi connectivity index (χ2v) is 5.40. The van der Waals surface area contributed by atoms with Gasteiger partial charge in [0.1, 0.15) is 11.4 Å². The number of nitrogens with zero attached hydrogens (tertiary/aromatic N) is 2. The average molecular weight is 285 g/mol. The maximum absolute atomic E-state index is 12.5. The Morgan fingerprint density at radius 3 is 3.10 bits per heavy atom. The Hall–Kier alpha value is -2.30. The Labute approximate surface area is 123 Å². The summed E-state index contributed by atoms with van der Waals surface area (Å²) in [5.74, 6) is 0.206. The van der Waals surface area contributed by atoms with Crippen molar-refractivity contribution < 1.29 is 9.90 Å². The van der Waals surface area contributed by atoms with Gasteiger partial charge in [0.2, 0.25) is 0 Å². The maximum atomic E-state index is 12.5. The molecule has 110 valence electrons. The van der Waals surface area contributed by atoms with Crippen LogP contribution in [0.25, 0.3) is 0 Å². The summed E-state index contributed by atoms with van der Waals surface area (Å²) in [6.45, 7) is 4.51. The van der Waals surface area contributed by atoms with Gasteiger partial charge in [-0.3, -0.25) is 9.48 Å². The van der Waals surface area contributed by atoms with Crippen molar-refractivity contribution in [2.75, 3.05) is 0 Å². The number of fused-ring (bicyclic) bond motifs is 1. The molecule has 0 saturated carbocycles. The van der Waals surface area contributed by atoms with Crippen LogP contribution < -0.4 is 5.32 Å². The van der Waals surface area contributed by atoms with E-state index in [-0.39, 0.29) is 11.9 Å². The maximum Gasteiger partial charge on any atom is 0.270 e. The molecule has 2 aromatic rings. The van der Waals surface area contributed by atoms with E-state index in [0.717, 1.165) is 29.7 Å². The summed E-state index contributed by atoms with van der Waals surface area (Å²) in [6.07, 6.45) is 1.61. The van der Waals surface area contributed by atoms with Crippen LogP contribution in [0.15, 0.2) is 24.3 Å². The summed E-state index contributed by atoms with van der Waals surface area (Å²) < 4.78 is 1.71. The minimum atomic E-state index is -0.112. The van der Waals surface area contributed by atoms with Gasteiger partial charge in [-0.1, -0.05) is 12.1 Å². The number of phenolic OH excluding ortho intramolecular Hbond substituents is 1. The lowest BCUT2D eigenvalue weighted by Crippen LogP contribution is -2.29. The number of amides is 1. The third-order valence-corrected chi connectivity index (χ3v) is 3.99. The molecule has 1 aliphatic carbocycles. The molecule has 5 nitrogen and oxygen atoms in total. The molecule has 1 heterocycles. The number of aromatic hydroxyl groups is 1. The molecule has 3 rings (SSSR count). The fraction of sp³-hybridized carbons (Fsp3) is 0.375. The predicted molar refractivity (Wildman–Crippen MR) is 79.3 cm³/mol. The zero-order valence-corrected chi connectivity index (χ0v) is 12.3. The van der Waals surface area contributed by atoms with Gasteiger partial charge in [-0.2, -0.15) is 5.10 Å². The molecular formula is C16H19N3O2. The third-order valence-electron chi connectivity index (χ3n) is 3.99. The van der Waals surface area contributed by atoms with Crippen molar-refractivity contribution >= 4 is 5.91 Å². The highest BCUT2D eigenvalue weighted by molar-refractivity contribution is 5.93. The van der Waals surface area contributed by atoms with E-state index in [1.165, 1.54) is 0 Å². The predicted octanol–water partition coefficient (Wildman–Crippen LogP) is 2.33. The second kappa shape index (κ2) is 5.24. The minimum Gasteiger partial charge on any atom is -0.508 e. The van der Waals surface area contributed by atoms with Crippen molar-refractivity contribution in [3.63, 3.8) is 0 Å². The molecule has 1 aromatic heterocycles. The van der Waals surface area contributed by atoms with Crippen LogP contribution in [0.4, 0.5) is 0 Å². The molecule has 1 atom stereocenters. The topological polar surface area (TPSA) is 67.2 Å². The molecule has 1 aromatic carbocycles. The number of aryl methyl sites for hydroxylation is 2. The van der Waals surface area contributed by atoms with Gasteiger partial charge in [-0.05, 0) is 49.9 Å². The second-order valence-electron chi connectivity index (χ2n) is 5.40. The number of aromatic nitrogens is 2. The van der Waals surface area contributed by atoms with Gasteiger partial charge in [-0.15, -0.1) is 0 Å². The van der Waals surface area contributed by atoms with Gasteiger partial charge < -0.3 is 10.4 Å². The number of carbonyl (C=O) groups is 1. The molecule has 0 radical (unpaired) electrons. The quantitative estimate of drug-likeness (QED) is 0.909. The third kappa shape index (κ3) is 2.39. The lowest BCUT2D eigenvalue weighted by molar-refractivity contribution is 0.0926. The molecule has 21 heavy (non-hydrogen) atoms. The Morgan fingerprint density at radius 2 is 2.33 bits per heavy atom. The Kier molecular flexibility index (Phi) is 3.41. The number of hydrogen-bond acceptors (Lipinski definition) is 3. The summed E-state index contributed by atoms with van der Waals surface area (Å²) in [6, 6.07) is 7.24. The van der Waals surface area contributed by atoms with E-state index in [2.05, 4.69) is 10.4 Å². The molecule has 0 bridgehead atoms. The average Bonchev–Trinajstić information content (AvgIpc) is 3.04. The number of rotatable bonds is 3. The van der Waals surface area contributed by atoms with Crippen LogP contribution >= 0.6 is 0 Å². The number of phenols is 1. The summed E-state index contributed by atoms with van der Waals surface area (Å²) in [5.41, 5.74) is 3.39. The normalized spacial score (nSPS) is 16.8. The van der Waals surface area contributed by atoms with E-state index in [1.807, 2.05) is 26.0 Å². The van der Waals surface area contributed by atoms with Gasteiger partial charge in [0, 0.05) is 6.54 Å². The van der Waals surface area contributed by atoms with E-state index in [0.29, 0.717) is 18.0 Å². The fourth-order valence-electron chi connectivity index (χ4n) is 2.99. The van der Waals surface area contributed by atoms with E-state index >= 15 is 0 Å². The number of benzene rings is 1. The minimum absolute atomic E-state index is 0.0416. The van der Waals surface area contributed by atoms with Crippen molar-refractivity contribution in [1.29, 1.82) is 0 Å². The first-order valence-corrected chi connectivity index (χ1v) is 7.26. The summed E-state index contributed by atoms with van der Waals surface area (Å²) in [5, 5.41) is 17.2. The molecule has 2 N–H and O–H groups in total. The van der Waals surface area contributed by atoms with Crippen molar-refractivity contribution in [3.8, 4) is 5.75 Å². The van der Waals surface area contributed by atoms with Crippen molar-refractivity contribution in [1.82, 2.24) is 15.1 Å². The van der Waals surface area contributed by atoms with Gasteiger partial charge >= 0.3 is 0 Å². The number of hydrogen-bond donors (Lipinski definition) is 2. The van der Waals surface area contributed by atoms with Crippen LogP contribution in [0, 0.1) is 6.92 Å². The lowest BCUT2D eigenvalue weighted by Gasteiger charge is -2.14. The molecule has 0 saturated heterocycles. The first kappa shape index (κ1) is 13.7. The highest BCUT2D eigenvalue weighted by Gasteiger charge is 2.27. The largest absolute Gasteiger partial charge is 0.508 e. The van der Waals surface area contributed by atoms with Gasteiger partial charge in [-0.25, -0.2) is 0 Å². The molecule has 1 amide bonds. The molecule has 0 spiro atoms. The van der Waals surface area contributed by atoms with E-state index in [1.54, 1.807) is 16.8 Å². The van der Waals surface area contributed by atoms with Gasteiger partial charge in [0.25, 0.3) is 5.91 Å². The number of nitrogens with one attached hydrogen (secondary N) is 1. The molecule has 0 unspecified atom stereocenters. The first-order chi connectivity index (χ1) is 10.1. The summed E-state index contributed by atoms with van der Waals surface area (Å²) >= 11 is 0. The smallest absolute Gasteiger partial charge is 0.270 e. The van der Waals surface area contributed by atoms with Crippen LogP contribution in [-0.4, -0.2) is 20.8 Å². The highest BCUT2D eigenvalue weighted by atomic mass is 16.3. The fourth-order valence-corrected chi connectivity index (χ4v) is 2.99. The van der Waals surface area contributed by atoms with Gasteiger partial charge in [0.05, 0.1) is 11.7 Å². The summed E-state index contributed by atoms with van der Waals surface area (Å²) in [7, 11) is 0.